The molecule has 0 aromatic rings. The van der Waals surface area contributed by atoms with Crippen LogP contribution < -0.4 is 0 Å². The predicted molar refractivity (Wildman–Crippen MR) is 60.0 cm³/mol. The van der Waals surface area contributed by atoms with E-state index in [2.05, 4.69) is 4.74 Å². The Kier molecular flexibility index (Phi) is 5.94. The van der Waals surface area contributed by atoms with E-state index in [9.17, 15) is 29.4 Å². The molecule has 19 heavy (non-hydrogen) atoms. The largest absolute Gasteiger partial charge is 0.440 e. The van der Waals surface area contributed by atoms with Gasteiger partial charge in [-0.2, -0.15) is 0 Å². The fourth-order valence-corrected chi connectivity index (χ4v) is 1.54. The van der Waals surface area contributed by atoms with Crippen LogP contribution in [0.25, 0.3) is 0 Å². The molecule has 0 saturated carbocycles. The molecule has 0 aliphatic rings. The summed E-state index contributed by atoms with van der Waals surface area (Å²) in [6, 6.07) is 0. The van der Waals surface area contributed by atoms with Gasteiger partial charge in [0.1, 0.15) is 12.2 Å². The summed E-state index contributed by atoms with van der Waals surface area (Å²) in [4.78, 5) is 45.6. The Morgan fingerprint density at radius 3 is 1.84 bits per heavy atom. The quantitative estimate of drug-likeness (QED) is 0.269. The standard InChI is InChI=1S/C11H16O8/c1-5(13)9(17)11(6(2)14,19-7(3)15)10(18)8(16)4-12/h8,10,12,16,18H,4H2,1-3H3/t8-,10+,11+/m1/s1. The maximum absolute atomic E-state index is 11.8. The Balaban J connectivity index is 5.91. The lowest BCUT2D eigenvalue weighted by Gasteiger charge is -2.34. The van der Waals surface area contributed by atoms with Crippen LogP contribution in [0.5, 0.6) is 0 Å². The van der Waals surface area contributed by atoms with Crippen molar-refractivity contribution in [2.45, 2.75) is 38.6 Å². The molecule has 8 nitrogen and oxygen atoms in total. The third-order valence-electron chi connectivity index (χ3n) is 2.45. The zero-order valence-electron chi connectivity index (χ0n) is 10.7. The monoisotopic (exact) mass is 276 g/mol. The lowest BCUT2D eigenvalue weighted by atomic mass is 9.83. The normalized spacial score (nSPS) is 16.9. The van der Waals surface area contributed by atoms with Crippen LogP contribution in [-0.2, 0) is 23.9 Å². The van der Waals surface area contributed by atoms with Crippen molar-refractivity contribution >= 4 is 23.3 Å². The molecule has 0 rings (SSSR count). The number of ether oxygens (including phenoxy) is 1. The zero-order valence-corrected chi connectivity index (χ0v) is 10.7. The highest BCUT2D eigenvalue weighted by Crippen LogP contribution is 2.23. The second-order valence-electron chi connectivity index (χ2n) is 3.97. The number of ketones is 3. The zero-order chi connectivity index (χ0) is 15.4. The van der Waals surface area contributed by atoms with Crippen molar-refractivity contribution in [3.8, 4) is 0 Å². The van der Waals surface area contributed by atoms with Crippen LogP contribution in [0.3, 0.4) is 0 Å². The summed E-state index contributed by atoms with van der Waals surface area (Å²) in [6.45, 7) is 1.50. The molecule has 3 atom stereocenters. The second kappa shape index (κ2) is 6.50. The van der Waals surface area contributed by atoms with Crippen molar-refractivity contribution in [2.24, 2.45) is 0 Å². The number of aliphatic hydroxyl groups excluding tert-OH is 3. The molecule has 8 heteroatoms. The first-order valence-electron chi connectivity index (χ1n) is 5.34. The molecule has 108 valence electrons. The molecule has 0 unspecified atom stereocenters. The summed E-state index contributed by atoms with van der Waals surface area (Å²) < 4.78 is 4.53. The Bertz CT molecular complexity index is 401. The Labute approximate surface area is 109 Å². The first-order chi connectivity index (χ1) is 8.61. The van der Waals surface area contributed by atoms with Gasteiger partial charge in [-0.25, -0.2) is 0 Å². The predicted octanol–water partition coefficient (Wildman–Crippen LogP) is -2.25. The van der Waals surface area contributed by atoms with E-state index in [0.29, 0.717) is 0 Å². The Hall–Kier alpha value is -1.64. The first-order valence-corrected chi connectivity index (χ1v) is 5.34. The van der Waals surface area contributed by atoms with Gasteiger partial charge in [0.2, 0.25) is 0 Å². The molecule has 0 spiro atoms. The van der Waals surface area contributed by atoms with Crippen molar-refractivity contribution in [2.75, 3.05) is 6.61 Å². The molecule has 0 aromatic heterocycles. The van der Waals surface area contributed by atoms with Gasteiger partial charge in [-0.1, -0.05) is 0 Å². The molecule has 0 saturated heterocycles. The highest BCUT2D eigenvalue weighted by molar-refractivity contribution is 6.44. The second-order valence-corrected chi connectivity index (χ2v) is 3.97. The summed E-state index contributed by atoms with van der Waals surface area (Å²) >= 11 is 0. The maximum atomic E-state index is 11.8. The van der Waals surface area contributed by atoms with Gasteiger partial charge in [0.15, 0.2) is 11.6 Å². The number of hydrogen-bond acceptors (Lipinski definition) is 8. The molecule has 0 radical (unpaired) electrons. The van der Waals surface area contributed by atoms with Crippen LogP contribution in [0.1, 0.15) is 20.8 Å². The van der Waals surface area contributed by atoms with Crippen LogP contribution in [0.2, 0.25) is 0 Å². The van der Waals surface area contributed by atoms with E-state index in [1.165, 1.54) is 0 Å². The third kappa shape index (κ3) is 3.43. The fourth-order valence-electron chi connectivity index (χ4n) is 1.54. The van der Waals surface area contributed by atoms with E-state index in [1.54, 1.807) is 0 Å². The van der Waals surface area contributed by atoms with Crippen molar-refractivity contribution < 1.29 is 39.2 Å². The number of Topliss-reactive ketones (excluding diaryl/α,β-unsaturated/α-hetero) is 3. The smallest absolute Gasteiger partial charge is 0.304 e. The molecule has 0 aromatic carbocycles. The van der Waals surface area contributed by atoms with Gasteiger partial charge in [0.25, 0.3) is 11.4 Å². The van der Waals surface area contributed by atoms with Crippen molar-refractivity contribution in [3.05, 3.63) is 0 Å². The minimum atomic E-state index is -2.85. The Morgan fingerprint density at radius 2 is 1.58 bits per heavy atom. The highest BCUT2D eigenvalue weighted by Gasteiger charge is 2.56. The van der Waals surface area contributed by atoms with Crippen LogP contribution in [-0.4, -0.2) is 63.1 Å². The summed E-state index contributed by atoms with van der Waals surface area (Å²) in [7, 11) is 0. The van der Waals surface area contributed by atoms with E-state index in [1.807, 2.05) is 0 Å². The van der Waals surface area contributed by atoms with Gasteiger partial charge in [-0.3, -0.25) is 19.2 Å². The molecule has 0 heterocycles. The van der Waals surface area contributed by atoms with Crippen LogP contribution in [0.15, 0.2) is 0 Å². The first kappa shape index (κ1) is 17.4. The summed E-state index contributed by atoms with van der Waals surface area (Å²) in [5.41, 5.74) is -2.85. The number of hydrogen-bond donors (Lipinski definition) is 3. The molecule has 0 bridgehead atoms. The molecule has 0 aliphatic heterocycles. The van der Waals surface area contributed by atoms with E-state index in [-0.39, 0.29) is 0 Å². The van der Waals surface area contributed by atoms with Gasteiger partial charge in [-0.15, -0.1) is 0 Å². The summed E-state index contributed by atoms with van der Waals surface area (Å²) in [5.74, 6) is -4.85. The maximum Gasteiger partial charge on any atom is 0.304 e. The number of carbonyl (C=O) groups excluding carboxylic acids is 4. The molecule has 0 fully saturated rings. The van der Waals surface area contributed by atoms with E-state index < -0.39 is 47.7 Å². The van der Waals surface area contributed by atoms with Gasteiger partial charge in [-0.05, 0) is 6.92 Å². The van der Waals surface area contributed by atoms with Crippen LogP contribution >= 0.6 is 0 Å². The van der Waals surface area contributed by atoms with Crippen LogP contribution in [0, 0.1) is 0 Å². The van der Waals surface area contributed by atoms with Gasteiger partial charge in [0.05, 0.1) is 6.61 Å². The number of carbonyl (C=O) groups is 4. The number of rotatable bonds is 7. The van der Waals surface area contributed by atoms with Gasteiger partial charge in [0, 0.05) is 13.8 Å². The average molecular weight is 276 g/mol. The summed E-state index contributed by atoms with van der Waals surface area (Å²) in [6.07, 6.45) is -4.19. The van der Waals surface area contributed by atoms with E-state index >= 15 is 0 Å². The highest BCUT2D eigenvalue weighted by atomic mass is 16.6. The molecule has 0 amide bonds. The van der Waals surface area contributed by atoms with Crippen molar-refractivity contribution in [1.82, 2.24) is 0 Å². The minimum Gasteiger partial charge on any atom is -0.440 e. The minimum absolute atomic E-state index is 0.817. The molecule has 3 N–H and O–H groups in total. The molecule has 0 aliphatic carbocycles. The van der Waals surface area contributed by atoms with Crippen LogP contribution in [0.4, 0.5) is 0 Å². The lowest BCUT2D eigenvalue weighted by Crippen LogP contribution is -2.63. The van der Waals surface area contributed by atoms with Crippen molar-refractivity contribution in [1.29, 1.82) is 0 Å². The Morgan fingerprint density at radius 1 is 1.11 bits per heavy atom. The third-order valence-corrected chi connectivity index (χ3v) is 2.45. The lowest BCUT2D eigenvalue weighted by molar-refractivity contribution is -0.193. The van der Waals surface area contributed by atoms with E-state index in [4.69, 9.17) is 5.11 Å². The molecular weight excluding hydrogens is 260 g/mol. The average Bonchev–Trinajstić information content (AvgIpc) is 2.32. The topological polar surface area (TPSA) is 138 Å². The van der Waals surface area contributed by atoms with Gasteiger partial charge >= 0.3 is 5.97 Å². The molecular formula is C11H16O8. The number of esters is 1. The number of aliphatic hydroxyl groups is 3. The SMILES string of the molecule is CC(=O)O[C@@](C(C)=O)(C(=O)C(C)=O)[C@@H](O)[C@H](O)CO. The fraction of sp³-hybridized carbons (Fsp3) is 0.636. The van der Waals surface area contributed by atoms with Crippen molar-refractivity contribution in [3.63, 3.8) is 0 Å². The van der Waals surface area contributed by atoms with E-state index in [0.717, 1.165) is 20.8 Å². The van der Waals surface area contributed by atoms with Gasteiger partial charge < -0.3 is 20.1 Å². The summed E-state index contributed by atoms with van der Waals surface area (Å²) in [5, 5.41) is 27.9.